The normalized spacial score (nSPS) is 29.8. The second-order valence-corrected chi connectivity index (χ2v) is 11.9. The number of hydrogen-bond donors (Lipinski definition) is 9. The highest BCUT2D eigenvalue weighted by molar-refractivity contribution is 5.98. The molecule has 1 saturated heterocycles. The Bertz CT molecular complexity index is 797. The van der Waals surface area contributed by atoms with Crippen molar-refractivity contribution in [3.63, 3.8) is 0 Å². The molecule has 1 aliphatic heterocycles. The van der Waals surface area contributed by atoms with Gasteiger partial charge in [-0.15, -0.1) is 0 Å². The predicted octanol–water partition coefficient (Wildman–Crippen LogP) is -2.98. The molecule has 0 aliphatic carbocycles. The molecule has 0 aromatic carbocycles. The second-order valence-electron chi connectivity index (χ2n) is 11.9. The van der Waals surface area contributed by atoms with Crippen LogP contribution in [0.3, 0.4) is 0 Å². The molecule has 1 heterocycles. The Kier molecular flexibility index (Phi) is 13.8. The average Bonchev–Trinajstić information content (AvgIpc) is 2.86. The standard InChI is InChI=1S/C27H48N6O9/c1-10(2)16-22(37)31-20(14(8)35)26(41)29-18(12(5)6)24(39)33-21(15(9)36)27(42)30-17(11(3)4)23(38)32-19(13(7)34)25(40)28-16/h10-21,34-36H,1-9H3,(H,28,40)(H,29,41)(H,30,42)(H,31,37)(H,32,38)(H,33,39)/t13-,14-,15-,16+,17+,18+,19-,20+,21+/m1/s1. The highest BCUT2D eigenvalue weighted by Gasteiger charge is 2.39. The Morgan fingerprint density at radius 3 is 0.643 bits per heavy atom. The lowest BCUT2D eigenvalue weighted by atomic mass is 9.98. The molecule has 15 nitrogen and oxygen atoms in total. The second kappa shape index (κ2) is 15.8. The van der Waals surface area contributed by atoms with Crippen LogP contribution in [0.15, 0.2) is 0 Å². The van der Waals surface area contributed by atoms with E-state index in [4.69, 9.17) is 0 Å². The molecule has 1 aliphatic rings. The van der Waals surface area contributed by atoms with Crippen molar-refractivity contribution in [2.24, 2.45) is 17.8 Å². The van der Waals surface area contributed by atoms with Crippen molar-refractivity contribution < 1.29 is 44.1 Å². The van der Waals surface area contributed by atoms with E-state index in [-0.39, 0.29) is 0 Å². The fraction of sp³-hybridized carbons (Fsp3) is 0.778. The van der Waals surface area contributed by atoms with Crippen LogP contribution in [0.25, 0.3) is 0 Å². The summed E-state index contributed by atoms with van der Waals surface area (Å²) in [5.41, 5.74) is 0. The number of nitrogens with one attached hydrogen (secondary N) is 6. The molecule has 0 aromatic rings. The quantitative estimate of drug-likeness (QED) is 0.151. The average molecular weight is 601 g/mol. The third-order valence-corrected chi connectivity index (χ3v) is 6.93. The van der Waals surface area contributed by atoms with Gasteiger partial charge in [-0.2, -0.15) is 0 Å². The van der Waals surface area contributed by atoms with Crippen molar-refractivity contribution in [2.45, 2.75) is 117 Å². The van der Waals surface area contributed by atoms with Crippen LogP contribution in [0.4, 0.5) is 0 Å². The maximum absolute atomic E-state index is 13.2. The summed E-state index contributed by atoms with van der Waals surface area (Å²) in [5, 5.41) is 45.6. The zero-order valence-corrected chi connectivity index (χ0v) is 25.7. The smallest absolute Gasteiger partial charge is 0.245 e. The number of aliphatic hydroxyl groups excluding tert-OH is 3. The number of rotatable bonds is 6. The van der Waals surface area contributed by atoms with Crippen molar-refractivity contribution in [1.82, 2.24) is 31.9 Å². The van der Waals surface area contributed by atoms with Crippen LogP contribution in [0.2, 0.25) is 0 Å². The third-order valence-electron chi connectivity index (χ3n) is 6.93. The van der Waals surface area contributed by atoms with Gasteiger partial charge in [-0.3, -0.25) is 28.8 Å². The molecule has 0 radical (unpaired) electrons. The van der Waals surface area contributed by atoms with Crippen LogP contribution in [0.1, 0.15) is 62.3 Å². The van der Waals surface area contributed by atoms with E-state index >= 15 is 0 Å². The monoisotopic (exact) mass is 600 g/mol. The summed E-state index contributed by atoms with van der Waals surface area (Å²) < 4.78 is 0. The van der Waals surface area contributed by atoms with E-state index in [1.807, 2.05) is 0 Å². The van der Waals surface area contributed by atoms with Gasteiger partial charge in [0.1, 0.15) is 36.3 Å². The zero-order chi connectivity index (χ0) is 32.6. The summed E-state index contributed by atoms with van der Waals surface area (Å²) in [7, 11) is 0. The van der Waals surface area contributed by atoms with Gasteiger partial charge in [0, 0.05) is 0 Å². The number of hydrogen-bond acceptors (Lipinski definition) is 9. The lowest BCUT2D eigenvalue weighted by Gasteiger charge is -2.32. The van der Waals surface area contributed by atoms with Gasteiger partial charge in [0.15, 0.2) is 0 Å². The molecular weight excluding hydrogens is 552 g/mol. The highest BCUT2D eigenvalue weighted by atomic mass is 16.3. The van der Waals surface area contributed by atoms with Crippen LogP contribution in [-0.2, 0) is 28.8 Å². The van der Waals surface area contributed by atoms with Gasteiger partial charge >= 0.3 is 0 Å². The van der Waals surface area contributed by atoms with E-state index in [9.17, 15) is 44.1 Å². The predicted molar refractivity (Wildman–Crippen MR) is 151 cm³/mol. The topological polar surface area (TPSA) is 235 Å². The minimum Gasteiger partial charge on any atom is -0.391 e. The molecule has 0 saturated carbocycles. The largest absolute Gasteiger partial charge is 0.391 e. The fourth-order valence-electron chi connectivity index (χ4n) is 4.28. The molecule has 0 spiro atoms. The van der Waals surface area contributed by atoms with Crippen molar-refractivity contribution >= 4 is 35.4 Å². The van der Waals surface area contributed by atoms with Gasteiger partial charge in [0.2, 0.25) is 35.4 Å². The maximum Gasteiger partial charge on any atom is 0.245 e. The van der Waals surface area contributed by atoms with Gasteiger partial charge in [-0.05, 0) is 38.5 Å². The molecule has 6 amide bonds. The van der Waals surface area contributed by atoms with Gasteiger partial charge in [0.25, 0.3) is 0 Å². The maximum atomic E-state index is 13.2. The van der Waals surface area contributed by atoms with Gasteiger partial charge in [-0.25, -0.2) is 0 Å². The van der Waals surface area contributed by atoms with Crippen molar-refractivity contribution in [2.75, 3.05) is 0 Å². The molecular formula is C27H48N6O9. The molecule has 0 unspecified atom stereocenters. The molecule has 1 fully saturated rings. The molecule has 0 aromatic heterocycles. The van der Waals surface area contributed by atoms with Crippen molar-refractivity contribution in [3.05, 3.63) is 0 Å². The molecule has 42 heavy (non-hydrogen) atoms. The van der Waals surface area contributed by atoms with E-state index in [2.05, 4.69) is 31.9 Å². The van der Waals surface area contributed by atoms with Crippen molar-refractivity contribution in [3.8, 4) is 0 Å². The number of carbonyl (C=O) groups is 6. The van der Waals surface area contributed by atoms with Crippen LogP contribution in [0, 0.1) is 17.8 Å². The summed E-state index contributed by atoms with van der Waals surface area (Å²) >= 11 is 0. The first-order chi connectivity index (χ1) is 19.3. The first-order valence-corrected chi connectivity index (χ1v) is 14.2. The van der Waals surface area contributed by atoms with Crippen LogP contribution in [0.5, 0.6) is 0 Å². The van der Waals surface area contributed by atoms with Gasteiger partial charge < -0.3 is 47.2 Å². The van der Waals surface area contributed by atoms with Crippen molar-refractivity contribution in [1.29, 1.82) is 0 Å². The van der Waals surface area contributed by atoms with Gasteiger partial charge in [-0.1, -0.05) is 41.5 Å². The summed E-state index contributed by atoms with van der Waals surface area (Å²) in [6.45, 7) is 13.5. The number of amides is 6. The van der Waals surface area contributed by atoms with E-state index in [1.165, 1.54) is 20.8 Å². The van der Waals surface area contributed by atoms with Gasteiger partial charge in [0.05, 0.1) is 18.3 Å². The zero-order valence-electron chi connectivity index (χ0n) is 25.7. The van der Waals surface area contributed by atoms with Crippen LogP contribution >= 0.6 is 0 Å². The highest BCUT2D eigenvalue weighted by Crippen LogP contribution is 2.10. The van der Waals surface area contributed by atoms with Crippen LogP contribution in [-0.4, -0.2) is 105 Å². The van der Waals surface area contributed by atoms with E-state index in [0.717, 1.165) is 0 Å². The molecule has 0 bridgehead atoms. The lowest BCUT2D eigenvalue weighted by Crippen LogP contribution is -2.65. The summed E-state index contributed by atoms with van der Waals surface area (Å²) in [4.78, 5) is 79.4. The minimum absolute atomic E-state index is 0.531. The Labute approximate surface area is 246 Å². The summed E-state index contributed by atoms with van der Waals surface area (Å²) in [6.07, 6.45) is -4.27. The first kappa shape index (κ1) is 36.7. The molecule has 9 atom stereocenters. The lowest BCUT2D eigenvalue weighted by molar-refractivity contribution is -0.140. The molecule has 240 valence electrons. The minimum atomic E-state index is -1.54. The Morgan fingerprint density at radius 1 is 0.357 bits per heavy atom. The third kappa shape index (κ3) is 9.91. The molecule has 9 N–H and O–H groups in total. The Balaban J connectivity index is 3.68. The number of aliphatic hydroxyl groups is 3. The van der Waals surface area contributed by atoms with Crippen LogP contribution < -0.4 is 31.9 Å². The first-order valence-electron chi connectivity index (χ1n) is 14.2. The SMILES string of the molecule is CC(C)[C@@H]1NC(=O)[C@H]([C@@H](C)O)NC(=O)[C@H](C(C)C)NC(=O)[C@@H]([C@@H](C)O)NC(=O)[C@H](C(C)C)NC(=O)[C@H]([C@@H](C)O)NC1=O. The molecule has 15 heteroatoms. The number of carbonyl (C=O) groups excluding carboxylic acids is 6. The van der Waals surface area contributed by atoms with E-state index < -0.39 is 108 Å². The molecule has 1 rings (SSSR count). The summed E-state index contributed by atoms with van der Waals surface area (Å²) in [5.74, 6) is -6.81. The Morgan fingerprint density at radius 2 is 0.500 bits per heavy atom. The Hall–Kier alpha value is -3.30. The van der Waals surface area contributed by atoms with E-state index in [1.54, 1.807) is 41.5 Å². The van der Waals surface area contributed by atoms with E-state index in [0.29, 0.717) is 0 Å². The summed E-state index contributed by atoms with van der Waals surface area (Å²) in [6, 6.07) is -8.38. The fourth-order valence-corrected chi connectivity index (χ4v) is 4.28.